The van der Waals surface area contributed by atoms with Crippen molar-refractivity contribution in [3.05, 3.63) is 65.2 Å². The number of hydrogen-bond acceptors (Lipinski definition) is 4. The molecule has 3 aromatic rings. The van der Waals surface area contributed by atoms with E-state index in [1.54, 1.807) is 6.20 Å². The van der Waals surface area contributed by atoms with E-state index in [1.807, 2.05) is 55.1 Å². The number of furan rings is 1. The molecule has 4 rings (SSSR count). The van der Waals surface area contributed by atoms with Crippen LogP contribution in [0.15, 0.2) is 47.0 Å². The van der Waals surface area contributed by atoms with Gasteiger partial charge in [-0.15, -0.1) is 12.4 Å². The Morgan fingerprint density at radius 1 is 1.17 bits per heavy atom. The predicted octanol–water partition coefficient (Wildman–Crippen LogP) is 4.65. The highest BCUT2D eigenvalue weighted by Crippen LogP contribution is 2.30. The summed E-state index contributed by atoms with van der Waals surface area (Å²) in [5, 5.41) is 4.46. The smallest absolute Gasteiger partial charge is 0.290 e. The van der Waals surface area contributed by atoms with Crippen LogP contribution in [0.4, 0.5) is 0 Å². The average molecular weight is 414 g/mol. The van der Waals surface area contributed by atoms with Crippen LogP contribution in [0.2, 0.25) is 0 Å². The topological polar surface area (TPSA) is 58.4 Å². The van der Waals surface area contributed by atoms with E-state index in [0.717, 1.165) is 60.1 Å². The molecule has 1 unspecified atom stereocenters. The van der Waals surface area contributed by atoms with Gasteiger partial charge >= 0.3 is 0 Å². The molecule has 1 saturated heterocycles. The third-order valence-electron chi connectivity index (χ3n) is 5.66. The third kappa shape index (κ3) is 4.46. The number of nitrogens with one attached hydrogen (secondary N) is 1. The van der Waals surface area contributed by atoms with E-state index >= 15 is 0 Å². The molecule has 0 radical (unpaired) electrons. The van der Waals surface area contributed by atoms with Crippen molar-refractivity contribution in [3.8, 4) is 0 Å². The lowest BCUT2D eigenvalue weighted by Crippen LogP contribution is -2.40. The van der Waals surface area contributed by atoms with Crippen molar-refractivity contribution in [1.29, 1.82) is 0 Å². The maximum atomic E-state index is 13.6. The van der Waals surface area contributed by atoms with E-state index in [1.165, 1.54) is 0 Å². The second kappa shape index (κ2) is 9.42. The Bertz CT molecular complexity index is 963. The second-order valence-corrected chi connectivity index (χ2v) is 7.60. The van der Waals surface area contributed by atoms with Gasteiger partial charge in [0, 0.05) is 23.2 Å². The summed E-state index contributed by atoms with van der Waals surface area (Å²) < 4.78 is 6.10. The van der Waals surface area contributed by atoms with Gasteiger partial charge in [0.15, 0.2) is 5.76 Å². The molecule has 29 heavy (non-hydrogen) atoms. The van der Waals surface area contributed by atoms with Gasteiger partial charge in [-0.25, -0.2) is 0 Å². The van der Waals surface area contributed by atoms with E-state index in [4.69, 9.17) is 4.42 Å². The van der Waals surface area contributed by atoms with E-state index in [0.29, 0.717) is 12.3 Å². The number of fused-ring (bicyclic) bond motifs is 1. The van der Waals surface area contributed by atoms with E-state index in [2.05, 4.69) is 10.3 Å². The average Bonchev–Trinajstić information content (AvgIpc) is 2.89. The highest BCUT2D eigenvalue weighted by molar-refractivity contribution is 5.99. The van der Waals surface area contributed by atoms with Gasteiger partial charge in [-0.2, -0.15) is 0 Å². The number of pyridine rings is 1. The first kappa shape index (κ1) is 21.3. The number of aromatic nitrogens is 1. The number of aryl methyl sites for hydroxylation is 2. The van der Waals surface area contributed by atoms with Crippen molar-refractivity contribution in [2.24, 2.45) is 0 Å². The van der Waals surface area contributed by atoms with Crippen LogP contribution in [0, 0.1) is 13.8 Å². The Morgan fingerprint density at radius 3 is 2.79 bits per heavy atom. The third-order valence-corrected chi connectivity index (χ3v) is 5.66. The fourth-order valence-electron chi connectivity index (χ4n) is 4.06. The van der Waals surface area contributed by atoms with Gasteiger partial charge in [0.2, 0.25) is 0 Å². The Balaban J connectivity index is 0.00000240. The number of hydrogen-bond donors (Lipinski definition) is 1. The van der Waals surface area contributed by atoms with Crippen LogP contribution in [0.1, 0.15) is 46.6 Å². The summed E-state index contributed by atoms with van der Waals surface area (Å²) in [6.45, 7) is 6.42. The first-order valence-corrected chi connectivity index (χ1v) is 10.1. The summed E-state index contributed by atoms with van der Waals surface area (Å²) in [6, 6.07) is 12.1. The zero-order chi connectivity index (χ0) is 19.5. The molecule has 0 spiro atoms. The maximum Gasteiger partial charge on any atom is 0.290 e. The molecule has 0 bridgehead atoms. The first-order chi connectivity index (χ1) is 13.6. The van der Waals surface area contributed by atoms with Crippen molar-refractivity contribution in [3.63, 3.8) is 0 Å². The van der Waals surface area contributed by atoms with Gasteiger partial charge in [-0.05, 0) is 63.9 Å². The van der Waals surface area contributed by atoms with Crippen molar-refractivity contribution >= 4 is 29.3 Å². The molecule has 0 aliphatic carbocycles. The minimum absolute atomic E-state index is 0. The number of halogens is 1. The summed E-state index contributed by atoms with van der Waals surface area (Å²) in [7, 11) is 0. The van der Waals surface area contributed by atoms with Crippen LogP contribution < -0.4 is 5.32 Å². The molecule has 2 aromatic heterocycles. The van der Waals surface area contributed by atoms with Crippen molar-refractivity contribution in [2.45, 2.75) is 45.7 Å². The SMILES string of the molecule is Cc1c(C(=O)N(Cc2ccccn2)C2CCCNCC2)oc2c(C)cccc12.Cl. The molecular weight excluding hydrogens is 386 g/mol. The van der Waals surface area contributed by atoms with Gasteiger partial charge in [0.1, 0.15) is 5.58 Å². The standard InChI is InChI=1S/C23H27N3O2.ClH/c1-16-7-5-10-20-17(2)22(28-21(16)20)23(27)26(15-18-8-3-4-13-25-18)19-9-6-12-24-14-11-19;/h3-5,7-8,10,13,19,24H,6,9,11-12,14-15H2,1-2H3;1H. The van der Waals surface area contributed by atoms with Crippen LogP contribution in [0.3, 0.4) is 0 Å². The molecular formula is C23H28ClN3O2. The molecule has 5 nitrogen and oxygen atoms in total. The summed E-state index contributed by atoms with van der Waals surface area (Å²) in [4.78, 5) is 20.1. The second-order valence-electron chi connectivity index (χ2n) is 7.60. The van der Waals surface area contributed by atoms with Crippen LogP contribution in [0.5, 0.6) is 0 Å². The molecule has 1 aromatic carbocycles. The lowest BCUT2D eigenvalue weighted by Gasteiger charge is -2.30. The lowest BCUT2D eigenvalue weighted by atomic mass is 10.0. The molecule has 3 heterocycles. The van der Waals surface area contributed by atoms with Gasteiger partial charge in [-0.3, -0.25) is 9.78 Å². The molecule has 6 heteroatoms. The summed E-state index contributed by atoms with van der Waals surface area (Å²) in [5.41, 5.74) is 3.68. The largest absolute Gasteiger partial charge is 0.450 e. The Kier molecular flexibility index (Phi) is 6.93. The van der Waals surface area contributed by atoms with Gasteiger partial charge in [0.05, 0.1) is 12.2 Å². The molecule has 1 aliphatic heterocycles. The van der Waals surface area contributed by atoms with Gasteiger partial charge < -0.3 is 14.6 Å². The van der Waals surface area contributed by atoms with E-state index in [-0.39, 0.29) is 24.4 Å². The number of benzene rings is 1. The Labute approximate surface area is 177 Å². The molecule has 1 aliphatic rings. The van der Waals surface area contributed by atoms with E-state index < -0.39 is 0 Å². The minimum atomic E-state index is -0.0364. The number of carbonyl (C=O) groups is 1. The lowest BCUT2D eigenvalue weighted by molar-refractivity contribution is 0.0611. The van der Waals surface area contributed by atoms with Gasteiger partial charge in [-0.1, -0.05) is 24.3 Å². The highest BCUT2D eigenvalue weighted by atomic mass is 35.5. The summed E-state index contributed by atoms with van der Waals surface area (Å²) in [6.07, 6.45) is 4.78. The van der Waals surface area contributed by atoms with Crippen molar-refractivity contribution < 1.29 is 9.21 Å². The quantitative estimate of drug-likeness (QED) is 0.676. The fraction of sp³-hybridized carbons (Fsp3) is 0.391. The minimum Gasteiger partial charge on any atom is -0.450 e. The summed E-state index contributed by atoms with van der Waals surface area (Å²) >= 11 is 0. The van der Waals surface area contributed by atoms with Crippen molar-refractivity contribution in [2.75, 3.05) is 13.1 Å². The maximum absolute atomic E-state index is 13.6. The van der Waals surface area contributed by atoms with Crippen LogP contribution in [-0.2, 0) is 6.54 Å². The molecule has 1 fully saturated rings. The number of carbonyl (C=O) groups excluding carboxylic acids is 1. The predicted molar refractivity (Wildman–Crippen MR) is 118 cm³/mol. The highest BCUT2D eigenvalue weighted by Gasteiger charge is 2.30. The monoisotopic (exact) mass is 413 g/mol. The van der Waals surface area contributed by atoms with E-state index in [9.17, 15) is 4.79 Å². The molecule has 0 saturated carbocycles. The fourth-order valence-corrected chi connectivity index (χ4v) is 4.06. The normalized spacial score (nSPS) is 16.8. The molecule has 1 N–H and O–H groups in total. The number of para-hydroxylation sites is 1. The number of amides is 1. The number of rotatable bonds is 4. The van der Waals surface area contributed by atoms with Crippen LogP contribution in [0.25, 0.3) is 11.0 Å². The number of nitrogens with zero attached hydrogens (tertiary/aromatic N) is 2. The Hall–Kier alpha value is -2.37. The molecule has 1 amide bonds. The zero-order valence-corrected chi connectivity index (χ0v) is 17.8. The van der Waals surface area contributed by atoms with Crippen LogP contribution in [-0.4, -0.2) is 34.9 Å². The zero-order valence-electron chi connectivity index (χ0n) is 17.0. The van der Waals surface area contributed by atoms with Crippen LogP contribution >= 0.6 is 12.4 Å². The molecule has 1 atom stereocenters. The summed E-state index contributed by atoms with van der Waals surface area (Å²) in [5.74, 6) is 0.420. The van der Waals surface area contributed by atoms with Gasteiger partial charge in [0.25, 0.3) is 5.91 Å². The molecule has 154 valence electrons. The first-order valence-electron chi connectivity index (χ1n) is 10.1. The Morgan fingerprint density at radius 2 is 2.03 bits per heavy atom. The van der Waals surface area contributed by atoms with Crippen molar-refractivity contribution in [1.82, 2.24) is 15.2 Å².